The second-order valence-electron chi connectivity index (χ2n) is 4.18. The van der Waals surface area contributed by atoms with Crippen LogP contribution in [0.1, 0.15) is 13.8 Å². The summed E-state index contributed by atoms with van der Waals surface area (Å²) in [6.45, 7) is 4.92. The maximum Gasteiger partial charge on any atom is 0.147 e. The van der Waals surface area contributed by atoms with E-state index in [-0.39, 0.29) is 0 Å². The van der Waals surface area contributed by atoms with Crippen LogP contribution in [-0.2, 0) is 0 Å². The molecule has 0 unspecified atom stereocenters. The van der Waals surface area contributed by atoms with Crippen molar-refractivity contribution < 1.29 is 0 Å². The van der Waals surface area contributed by atoms with E-state index in [1.165, 1.54) is 17.1 Å². The lowest BCUT2D eigenvalue weighted by atomic mass is 10.1. The van der Waals surface area contributed by atoms with Gasteiger partial charge >= 0.3 is 0 Å². The van der Waals surface area contributed by atoms with Gasteiger partial charge in [0, 0.05) is 24.5 Å². The van der Waals surface area contributed by atoms with Crippen molar-refractivity contribution in [1.29, 1.82) is 0 Å². The number of nitrogen functional groups attached to an aromatic ring is 1. The average molecular weight is 260 g/mol. The van der Waals surface area contributed by atoms with E-state index in [0.29, 0.717) is 5.82 Å². The Labute approximate surface area is 111 Å². The molecule has 0 radical (unpaired) electrons. The van der Waals surface area contributed by atoms with Crippen LogP contribution in [0.2, 0.25) is 0 Å². The molecule has 0 saturated heterocycles. The predicted octanol–water partition coefficient (Wildman–Crippen LogP) is 3.17. The van der Waals surface area contributed by atoms with Crippen molar-refractivity contribution in [3.05, 3.63) is 36.2 Å². The molecule has 0 atom stereocenters. The van der Waals surface area contributed by atoms with E-state index in [1.54, 1.807) is 12.4 Å². The van der Waals surface area contributed by atoms with Gasteiger partial charge in [-0.2, -0.15) is 4.37 Å². The molecule has 94 valence electrons. The van der Waals surface area contributed by atoms with E-state index in [0.717, 1.165) is 22.7 Å². The lowest BCUT2D eigenvalue weighted by Crippen LogP contribution is -1.99. The third-order valence-corrected chi connectivity index (χ3v) is 3.26. The van der Waals surface area contributed by atoms with E-state index in [1.807, 2.05) is 12.1 Å². The summed E-state index contributed by atoms with van der Waals surface area (Å²) in [4.78, 5) is 4.11. The molecule has 0 fully saturated rings. The van der Waals surface area contributed by atoms with E-state index >= 15 is 0 Å². The van der Waals surface area contributed by atoms with Crippen molar-refractivity contribution in [3.8, 4) is 11.1 Å². The second-order valence-corrected chi connectivity index (χ2v) is 4.95. The first-order valence-corrected chi connectivity index (χ1v) is 6.48. The Kier molecular flexibility index (Phi) is 3.94. The van der Waals surface area contributed by atoms with Gasteiger partial charge in [0.2, 0.25) is 0 Å². The molecule has 2 heterocycles. The van der Waals surface area contributed by atoms with E-state index in [9.17, 15) is 0 Å². The first-order chi connectivity index (χ1) is 8.68. The molecule has 4 nitrogen and oxygen atoms in total. The van der Waals surface area contributed by atoms with Gasteiger partial charge in [-0.25, -0.2) is 0 Å². The molecule has 18 heavy (non-hydrogen) atoms. The number of hydrogen-bond acceptors (Lipinski definition) is 5. The Balaban J connectivity index is 2.25. The number of hydrogen-bond donors (Lipinski definition) is 2. The number of allylic oxidation sites excluding steroid dienone is 1. The molecule has 0 saturated carbocycles. The number of rotatable bonds is 4. The van der Waals surface area contributed by atoms with Gasteiger partial charge in [0.25, 0.3) is 0 Å². The van der Waals surface area contributed by atoms with Gasteiger partial charge in [-0.05, 0) is 31.4 Å². The van der Waals surface area contributed by atoms with Crippen molar-refractivity contribution in [3.63, 3.8) is 0 Å². The largest absolute Gasteiger partial charge is 0.382 e. The van der Waals surface area contributed by atoms with Gasteiger partial charge in [0.05, 0.1) is 5.56 Å². The molecule has 2 aromatic rings. The molecule has 0 aliphatic rings. The number of anilines is 2. The SMILES string of the molecule is CC(C)=CCNc1snc(N)c1-c1cccnc1. The van der Waals surface area contributed by atoms with Crippen LogP contribution in [0.15, 0.2) is 36.2 Å². The number of aromatic nitrogens is 2. The van der Waals surface area contributed by atoms with Crippen molar-refractivity contribution >= 4 is 22.4 Å². The fourth-order valence-corrected chi connectivity index (χ4v) is 2.30. The Morgan fingerprint density at radius 3 is 3.00 bits per heavy atom. The fourth-order valence-electron chi connectivity index (χ4n) is 1.56. The summed E-state index contributed by atoms with van der Waals surface area (Å²) in [6.07, 6.45) is 5.67. The minimum atomic E-state index is 0.549. The smallest absolute Gasteiger partial charge is 0.147 e. The summed E-state index contributed by atoms with van der Waals surface area (Å²) in [7, 11) is 0. The number of nitrogens with two attached hydrogens (primary N) is 1. The molecule has 0 amide bonds. The van der Waals surface area contributed by atoms with Crippen LogP contribution in [0, 0.1) is 0 Å². The molecule has 0 aromatic carbocycles. The Morgan fingerprint density at radius 1 is 1.50 bits per heavy atom. The van der Waals surface area contributed by atoms with Gasteiger partial charge in [-0.1, -0.05) is 17.7 Å². The van der Waals surface area contributed by atoms with Crippen molar-refractivity contribution in [1.82, 2.24) is 9.36 Å². The number of nitrogens with one attached hydrogen (secondary N) is 1. The number of nitrogens with zero attached hydrogens (tertiary/aromatic N) is 2. The Bertz CT molecular complexity index is 541. The quantitative estimate of drug-likeness (QED) is 0.829. The summed E-state index contributed by atoms with van der Waals surface area (Å²) in [5.41, 5.74) is 9.13. The molecule has 0 spiro atoms. The van der Waals surface area contributed by atoms with Crippen molar-refractivity contribution in [2.24, 2.45) is 0 Å². The van der Waals surface area contributed by atoms with Gasteiger partial charge in [-0.3, -0.25) is 4.98 Å². The predicted molar refractivity (Wildman–Crippen MR) is 77.7 cm³/mol. The topological polar surface area (TPSA) is 63.8 Å². The monoisotopic (exact) mass is 260 g/mol. The summed E-state index contributed by atoms with van der Waals surface area (Å²) >= 11 is 1.38. The molecule has 3 N–H and O–H groups in total. The minimum Gasteiger partial charge on any atom is -0.382 e. The van der Waals surface area contributed by atoms with Crippen LogP contribution in [0.4, 0.5) is 10.8 Å². The zero-order valence-corrected chi connectivity index (χ0v) is 11.3. The van der Waals surface area contributed by atoms with Crippen molar-refractivity contribution in [2.45, 2.75) is 13.8 Å². The van der Waals surface area contributed by atoms with Crippen LogP contribution in [0.5, 0.6) is 0 Å². The number of pyridine rings is 1. The first kappa shape index (κ1) is 12.6. The van der Waals surface area contributed by atoms with Crippen molar-refractivity contribution in [2.75, 3.05) is 17.6 Å². The Hall–Kier alpha value is -1.88. The normalized spacial score (nSPS) is 10.1. The highest BCUT2D eigenvalue weighted by Crippen LogP contribution is 2.36. The maximum absolute atomic E-state index is 5.92. The third kappa shape index (κ3) is 2.87. The highest BCUT2D eigenvalue weighted by Gasteiger charge is 2.12. The highest BCUT2D eigenvalue weighted by atomic mass is 32.1. The minimum absolute atomic E-state index is 0.549. The molecular formula is C13H16N4S. The molecule has 0 aliphatic carbocycles. The molecular weight excluding hydrogens is 244 g/mol. The summed E-state index contributed by atoms with van der Waals surface area (Å²) < 4.78 is 4.20. The van der Waals surface area contributed by atoms with Crippen LogP contribution in [0.3, 0.4) is 0 Å². The summed E-state index contributed by atoms with van der Waals surface area (Å²) in [5.74, 6) is 0.549. The van der Waals surface area contributed by atoms with E-state index in [4.69, 9.17) is 5.73 Å². The lowest BCUT2D eigenvalue weighted by molar-refractivity contribution is 1.27. The van der Waals surface area contributed by atoms with E-state index < -0.39 is 0 Å². The molecule has 2 rings (SSSR count). The Morgan fingerprint density at radius 2 is 2.33 bits per heavy atom. The van der Waals surface area contributed by atoms with Gasteiger partial charge < -0.3 is 11.1 Å². The van der Waals surface area contributed by atoms with Crippen LogP contribution >= 0.6 is 11.5 Å². The van der Waals surface area contributed by atoms with E-state index in [2.05, 4.69) is 34.6 Å². The fraction of sp³-hybridized carbons (Fsp3) is 0.231. The average Bonchev–Trinajstić information content (AvgIpc) is 2.71. The van der Waals surface area contributed by atoms with Gasteiger partial charge in [-0.15, -0.1) is 0 Å². The van der Waals surface area contributed by atoms with Gasteiger partial charge in [0.1, 0.15) is 10.8 Å². The zero-order valence-electron chi connectivity index (χ0n) is 10.5. The maximum atomic E-state index is 5.92. The summed E-state index contributed by atoms with van der Waals surface area (Å²) in [5, 5.41) is 4.32. The first-order valence-electron chi connectivity index (χ1n) is 5.71. The van der Waals surface area contributed by atoms with Crippen LogP contribution in [-0.4, -0.2) is 15.9 Å². The molecule has 5 heteroatoms. The summed E-state index contributed by atoms with van der Waals surface area (Å²) in [6, 6.07) is 3.88. The lowest BCUT2D eigenvalue weighted by Gasteiger charge is -2.05. The molecule has 2 aromatic heterocycles. The van der Waals surface area contributed by atoms with Gasteiger partial charge in [0.15, 0.2) is 0 Å². The highest BCUT2D eigenvalue weighted by molar-refractivity contribution is 7.11. The molecule has 0 bridgehead atoms. The molecule has 0 aliphatic heterocycles. The second kappa shape index (κ2) is 5.64. The third-order valence-electron chi connectivity index (χ3n) is 2.44. The zero-order chi connectivity index (χ0) is 13.0. The standard InChI is InChI=1S/C13H16N4S/c1-9(2)5-7-16-13-11(12(14)17-18-13)10-4-3-6-15-8-10/h3-6,8,16H,7H2,1-2H3,(H2,14,17). The van der Waals surface area contributed by atoms with Crippen LogP contribution in [0.25, 0.3) is 11.1 Å². The van der Waals surface area contributed by atoms with Crippen LogP contribution < -0.4 is 11.1 Å².